The van der Waals surface area contributed by atoms with Crippen LogP contribution in [0.2, 0.25) is 0 Å². The summed E-state index contributed by atoms with van der Waals surface area (Å²) in [6.07, 6.45) is 4.56. The number of rotatable bonds is 7. The minimum atomic E-state index is 0.663. The second-order valence-corrected chi connectivity index (χ2v) is 5.11. The average molecular weight is 237 g/mol. The Balaban J connectivity index is 2.00. The Hall–Kier alpha value is -0.940. The summed E-state index contributed by atoms with van der Waals surface area (Å²) in [5.41, 5.74) is 8.10. The van der Waals surface area contributed by atoms with Crippen molar-refractivity contribution in [2.24, 2.45) is 5.73 Å². The van der Waals surface area contributed by atoms with Crippen LogP contribution >= 0.6 is 0 Å². The Morgan fingerprint density at radius 3 is 2.76 bits per heavy atom. The predicted molar refractivity (Wildman–Crippen MR) is 67.9 cm³/mol. The van der Waals surface area contributed by atoms with Crippen molar-refractivity contribution in [1.29, 1.82) is 0 Å². The first-order valence-corrected chi connectivity index (χ1v) is 6.49. The highest BCUT2D eigenvalue weighted by molar-refractivity contribution is 5.20. The molecule has 0 saturated heterocycles. The molecular weight excluding hydrogens is 214 g/mol. The molecule has 1 heterocycles. The lowest BCUT2D eigenvalue weighted by atomic mass is 10.2. The molecule has 2 N–H and O–H groups in total. The van der Waals surface area contributed by atoms with Crippen LogP contribution in [0.1, 0.15) is 36.6 Å². The van der Waals surface area contributed by atoms with E-state index >= 15 is 0 Å². The van der Waals surface area contributed by atoms with Gasteiger partial charge in [0.05, 0.1) is 11.4 Å². The Bertz CT molecular complexity index is 354. The van der Waals surface area contributed by atoms with Crippen LogP contribution in [0.3, 0.4) is 0 Å². The first-order valence-electron chi connectivity index (χ1n) is 6.49. The molecule has 0 aliphatic heterocycles. The molecule has 1 saturated carbocycles. The summed E-state index contributed by atoms with van der Waals surface area (Å²) in [4.78, 5) is 2.20. The van der Waals surface area contributed by atoms with Gasteiger partial charge in [0, 0.05) is 18.9 Å². The van der Waals surface area contributed by atoms with Crippen LogP contribution in [-0.4, -0.2) is 47.1 Å². The van der Waals surface area contributed by atoms with Gasteiger partial charge < -0.3 is 10.6 Å². The maximum Gasteiger partial charge on any atom is 0.0874 e. The Labute approximate surface area is 103 Å². The van der Waals surface area contributed by atoms with Gasteiger partial charge in [0.25, 0.3) is 0 Å². The van der Waals surface area contributed by atoms with E-state index in [1.807, 2.05) is 0 Å². The van der Waals surface area contributed by atoms with Gasteiger partial charge in [0.1, 0.15) is 0 Å². The van der Waals surface area contributed by atoms with E-state index in [0.717, 1.165) is 31.6 Å². The smallest absolute Gasteiger partial charge is 0.0874 e. The first-order chi connectivity index (χ1) is 8.22. The SMILES string of the molecule is CN(C)CCCn1nnc(CCN)c1C1CC1. The monoisotopic (exact) mass is 237 g/mol. The summed E-state index contributed by atoms with van der Waals surface area (Å²) in [6.45, 7) is 2.73. The molecule has 0 atom stereocenters. The van der Waals surface area contributed by atoms with Crippen molar-refractivity contribution < 1.29 is 0 Å². The first kappa shape index (κ1) is 12.5. The van der Waals surface area contributed by atoms with Crippen molar-refractivity contribution in [3.8, 4) is 0 Å². The summed E-state index contributed by atoms with van der Waals surface area (Å²) in [5.74, 6) is 0.700. The van der Waals surface area contributed by atoms with Crippen molar-refractivity contribution in [2.45, 2.75) is 38.1 Å². The van der Waals surface area contributed by atoms with E-state index in [2.05, 4.69) is 34.0 Å². The summed E-state index contributed by atoms with van der Waals surface area (Å²) in [7, 11) is 4.20. The van der Waals surface area contributed by atoms with E-state index in [-0.39, 0.29) is 0 Å². The molecule has 0 spiro atoms. The van der Waals surface area contributed by atoms with Gasteiger partial charge in [0.2, 0.25) is 0 Å². The number of hydrogen-bond donors (Lipinski definition) is 1. The molecule has 5 nitrogen and oxygen atoms in total. The van der Waals surface area contributed by atoms with Gasteiger partial charge in [-0.05, 0) is 46.4 Å². The fraction of sp³-hybridized carbons (Fsp3) is 0.833. The van der Waals surface area contributed by atoms with Crippen molar-refractivity contribution in [3.05, 3.63) is 11.4 Å². The number of nitrogens with zero attached hydrogens (tertiary/aromatic N) is 4. The van der Waals surface area contributed by atoms with E-state index in [1.165, 1.54) is 18.5 Å². The summed E-state index contributed by atoms with van der Waals surface area (Å²) >= 11 is 0. The predicted octanol–water partition coefficient (Wildman–Crippen LogP) is 0.608. The molecular formula is C12H23N5. The summed E-state index contributed by atoms with van der Waals surface area (Å²) < 4.78 is 2.10. The van der Waals surface area contributed by atoms with Gasteiger partial charge in [-0.2, -0.15) is 0 Å². The zero-order valence-corrected chi connectivity index (χ0v) is 10.9. The Morgan fingerprint density at radius 2 is 2.18 bits per heavy atom. The summed E-state index contributed by atoms with van der Waals surface area (Å²) in [6, 6.07) is 0. The maximum absolute atomic E-state index is 5.62. The minimum absolute atomic E-state index is 0.663. The lowest BCUT2D eigenvalue weighted by Crippen LogP contribution is -2.16. The van der Waals surface area contributed by atoms with Crippen molar-refractivity contribution in [1.82, 2.24) is 19.9 Å². The largest absolute Gasteiger partial charge is 0.330 e. The highest BCUT2D eigenvalue weighted by atomic mass is 15.4. The van der Waals surface area contributed by atoms with Crippen LogP contribution in [0.5, 0.6) is 0 Å². The van der Waals surface area contributed by atoms with E-state index in [0.29, 0.717) is 12.5 Å². The van der Waals surface area contributed by atoms with Gasteiger partial charge in [0.15, 0.2) is 0 Å². The zero-order chi connectivity index (χ0) is 12.3. The lowest BCUT2D eigenvalue weighted by Gasteiger charge is -2.10. The van der Waals surface area contributed by atoms with Crippen molar-refractivity contribution >= 4 is 0 Å². The van der Waals surface area contributed by atoms with Gasteiger partial charge in [-0.25, -0.2) is 4.68 Å². The molecule has 0 amide bonds. The molecule has 96 valence electrons. The third kappa shape index (κ3) is 3.26. The highest BCUT2D eigenvalue weighted by Gasteiger charge is 2.30. The van der Waals surface area contributed by atoms with E-state index < -0.39 is 0 Å². The van der Waals surface area contributed by atoms with Crippen LogP contribution in [-0.2, 0) is 13.0 Å². The number of hydrogen-bond acceptors (Lipinski definition) is 4. The van der Waals surface area contributed by atoms with Gasteiger partial charge >= 0.3 is 0 Å². The number of nitrogens with two attached hydrogens (primary N) is 1. The van der Waals surface area contributed by atoms with Crippen LogP contribution in [0.25, 0.3) is 0 Å². The zero-order valence-electron chi connectivity index (χ0n) is 10.9. The van der Waals surface area contributed by atoms with Crippen LogP contribution in [0, 0.1) is 0 Å². The topological polar surface area (TPSA) is 60.0 Å². The fourth-order valence-corrected chi connectivity index (χ4v) is 2.18. The lowest BCUT2D eigenvalue weighted by molar-refractivity contribution is 0.376. The molecule has 0 bridgehead atoms. The summed E-state index contributed by atoms with van der Waals surface area (Å²) in [5, 5.41) is 8.57. The minimum Gasteiger partial charge on any atom is -0.330 e. The molecule has 2 rings (SSSR count). The van der Waals surface area contributed by atoms with Crippen LogP contribution < -0.4 is 5.73 Å². The maximum atomic E-state index is 5.62. The molecule has 1 aromatic rings. The number of aryl methyl sites for hydroxylation is 1. The molecule has 0 radical (unpaired) electrons. The molecule has 17 heavy (non-hydrogen) atoms. The van der Waals surface area contributed by atoms with Gasteiger partial charge in [-0.3, -0.25) is 0 Å². The van der Waals surface area contributed by atoms with Crippen LogP contribution in [0.4, 0.5) is 0 Å². The molecule has 1 aromatic heterocycles. The molecule has 1 fully saturated rings. The molecule has 5 heteroatoms. The molecule has 1 aliphatic rings. The molecule has 0 unspecified atom stereocenters. The van der Waals surface area contributed by atoms with E-state index in [4.69, 9.17) is 5.73 Å². The van der Waals surface area contributed by atoms with E-state index in [1.54, 1.807) is 0 Å². The second kappa shape index (κ2) is 5.60. The van der Waals surface area contributed by atoms with Crippen molar-refractivity contribution in [3.63, 3.8) is 0 Å². The molecule has 1 aliphatic carbocycles. The standard InChI is InChI=1S/C12H23N5/c1-16(2)8-3-9-17-12(10-4-5-10)11(6-7-13)14-15-17/h10H,3-9,13H2,1-2H3. The second-order valence-electron chi connectivity index (χ2n) is 5.11. The average Bonchev–Trinajstić information content (AvgIpc) is 3.03. The molecule has 0 aromatic carbocycles. The third-order valence-corrected chi connectivity index (χ3v) is 3.17. The van der Waals surface area contributed by atoms with E-state index in [9.17, 15) is 0 Å². The van der Waals surface area contributed by atoms with Crippen molar-refractivity contribution in [2.75, 3.05) is 27.2 Å². The highest BCUT2D eigenvalue weighted by Crippen LogP contribution is 2.41. The fourth-order valence-electron chi connectivity index (χ4n) is 2.18. The van der Waals surface area contributed by atoms with Gasteiger partial charge in [-0.1, -0.05) is 5.21 Å². The third-order valence-electron chi connectivity index (χ3n) is 3.17. The Kier molecular flexibility index (Phi) is 4.12. The quantitative estimate of drug-likeness (QED) is 0.755. The number of aromatic nitrogens is 3. The van der Waals surface area contributed by atoms with Crippen LogP contribution in [0.15, 0.2) is 0 Å². The van der Waals surface area contributed by atoms with Gasteiger partial charge in [-0.15, -0.1) is 5.10 Å². The normalized spacial score (nSPS) is 15.8. The Morgan fingerprint density at radius 1 is 1.41 bits per heavy atom.